The fraction of sp³-hybridized carbons (Fsp3) is 0.579. The van der Waals surface area contributed by atoms with Crippen LogP contribution in [0.1, 0.15) is 43.6 Å². The van der Waals surface area contributed by atoms with Gasteiger partial charge in [0.05, 0.1) is 4.88 Å². The standard InChI is InChI=1S/C19H27N3O2S/c1-14-10-15(2)13-22(12-14)8-4-3-7-20-19(23)16-11-17(24-21-16)18-6-5-9-25-18/h5-6,9,11,14-15H,3-4,7-8,10,12-13H2,1-2H3,(H,20,23). The molecule has 1 aliphatic heterocycles. The fourth-order valence-corrected chi connectivity index (χ4v) is 4.32. The zero-order valence-corrected chi connectivity index (χ0v) is 15.8. The Morgan fingerprint density at radius 3 is 2.88 bits per heavy atom. The summed E-state index contributed by atoms with van der Waals surface area (Å²) in [5, 5.41) is 8.78. The number of thiophene rings is 1. The Hall–Kier alpha value is -1.66. The number of rotatable bonds is 7. The maximum atomic E-state index is 12.1. The number of nitrogens with zero attached hydrogens (tertiary/aromatic N) is 2. The second-order valence-electron chi connectivity index (χ2n) is 7.22. The molecule has 2 atom stereocenters. The number of aromatic nitrogens is 1. The van der Waals surface area contributed by atoms with Crippen molar-refractivity contribution in [2.45, 2.75) is 33.1 Å². The number of amides is 1. The van der Waals surface area contributed by atoms with Gasteiger partial charge in [-0.15, -0.1) is 11.3 Å². The molecule has 0 saturated carbocycles. The maximum Gasteiger partial charge on any atom is 0.273 e. The van der Waals surface area contributed by atoms with E-state index in [1.165, 1.54) is 19.5 Å². The van der Waals surface area contributed by atoms with Crippen LogP contribution in [0.4, 0.5) is 0 Å². The molecule has 25 heavy (non-hydrogen) atoms. The number of carbonyl (C=O) groups excluding carboxylic acids is 1. The summed E-state index contributed by atoms with van der Waals surface area (Å²) in [5.41, 5.74) is 0.349. The molecule has 1 aliphatic rings. The monoisotopic (exact) mass is 361 g/mol. The first-order valence-corrected chi connectivity index (χ1v) is 10.0. The summed E-state index contributed by atoms with van der Waals surface area (Å²) in [7, 11) is 0. The Kier molecular flexibility index (Phi) is 6.26. The number of carbonyl (C=O) groups is 1. The van der Waals surface area contributed by atoms with Crippen LogP contribution in [0, 0.1) is 11.8 Å². The van der Waals surface area contributed by atoms with Crippen molar-refractivity contribution in [3.8, 4) is 10.6 Å². The van der Waals surface area contributed by atoms with Gasteiger partial charge in [-0.25, -0.2) is 0 Å². The molecular weight excluding hydrogens is 334 g/mol. The summed E-state index contributed by atoms with van der Waals surface area (Å²) >= 11 is 1.57. The number of hydrogen-bond acceptors (Lipinski definition) is 5. The molecule has 6 heteroatoms. The van der Waals surface area contributed by atoms with Gasteiger partial charge in [0.15, 0.2) is 11.5 Å². The average Bonchev–Trinajstić information content (AvgIpc) is 3.24. The van der Waals surface area contributed by atoms with Crippen LogP contribution in [-0.4, -0.2) is 42.1 Å². The first-order valence-electron chi connectivity index (χ1n) is 9.13. The van der Waals surface area contributed by atoms with E-state index in [-0.39, 0.29) is 5.91 Å². The number of hydrogen-bond donors (Lipinski definition) is 1. The molecule has 1 saturated heterocycles. The van der Waals surface area contributed by atoms with Gasteiger partial charge >= 0.3 is 0 Å². The molecule has 1 fully saturated rings. The minimum absolute atomic E-state index is 0.160. The van der Waals surface area contributed by atoms with Crippen LogP contribution in [0.3, 0.4) is 0 Å². The van der Waals surface area contributed by atoms with Crippen LogP contribution in [0.15, 0.2) is 28.1 Å². The molecular formula is C19H27N3O2S. The van der Waals surface area contributed by atoms with Crippen molar-refractivity contribution in [1.29, 1.82) is 0 Å². The first kappa shape index (κ1) is 18.1. The fourth-order valence-electron chi connectivity index (χ4n) is 3.64. The maximum absolute atomic E-state index is 12.1. The van der Waals surface area contributed by atoms with E-state index in [0.717, 1.165) is 36.1 Å². The molecule has 0 radical (unpaired) electrons. The Balaban J connectivity index is 1.36. The molecule has 2 aromatic heterocycles. The van der Waals surface area contributed by atoms with Crippen molar-refractivity contribution >= 4 is 17.2 Å². The highest BCUT2D eigenvalue weighted by Crippen LogP contribution is 2.25. The molecule has 3 rings (SSSR count). The van der Waals surface area contributed by atoms with Crippen molar-refractivity contribution in [3.63, 3.8) is 0 Å². The van der Waals surface area contributed by atoms with Crippen LogP contribution in [0.25, 0.3) is 10.6 Å². The Morgan fingerprint density at radius 1 is 1.36 bits per heavy atom. The van der Waals surface area contributed by atoms with Crippen molar-refractivity contribution in [2.24, 2.45) is 11.8 Å². The van der Waals surface area contributed by atoms with Crippen molar-refractivity contribution in [2.75, 3.05) is 26.2 Å². The highest BCUT2D eigenvalue weighted by molar-refractivity contribution is 7.13. The van der Waals surface area contributed by atoms with Gasteiger partial charge in [-0.1, -0.05) is 25.1 Å². The van der Waals surface area contributed by atoms with Gasteiger partial charge in [0.2, 0.25) is 0 Å². The van der Waals surface area contributed by atoms with Crippen molar-refractivity contribution < 1.29 is 9.32 Å². The van der Waals surface area contributed by atoms with Gasteiger partial charge in [0.1, 0.15) is 0 Å². The number of nitrogens with one attached hydrogen (secondary N) is 1. The molecule has 2 unspecified atom stereocenters. The van der Waals surface area contributed by atoms with Gasteiger partial charge < -0.3 is 14.7 Å². The van der Waals surface area contributed by atoms with E-state index in [9.17, 15) is 4.79 Å². The Labute approximate surface area is 153 Å². The van der Waals surface area contributed by atoms with E-state index < -0.39 is 0 Å². The van der Waals surface area contributed by atoms with Crippen LogP contribution < -0.4 is 5.32 Å². The lowest BCUT2D eigenvalue weighted by Crippen LogP contribution is -2.39. The molecule has 1 N–H and O–H groups in total. The van der Waals surface area contributed by atoms with Crippen LogP contribution in [0.2, 0.25) is 0 Å². The summed E-state index contributed by atoms with van der Waals surface area (Å²) in [4.78, 5) is 15.7. The number of likely N-dealkylation sites (tertiary alicyclic amines) is 1. The van der Waals surface area contributed by atoms with Crippen LogP contribution >= 0.6 is 11.3 Å². The van der Waals surface area contributed by atoms with E-state index >= 15 is 0 Å². The minimum atomic E-state index is -0.160. The summed E-state index contributed by atoms with van der Waals surface area (Å²) < 4.78 is 5.25. The number of unbranched alkanes of at least 4 members (excludes halogenated alkanes) is 1. The molecule has 0 bridgehead atoms. The molecule has 1 amide bonds. The van der Waals surface area contributed by atoms with Crippen molar-refractivity contribution in [1.82, 2.24) is 15.4 Å². The van der Waals surface area contributed by atoms with Gasteiger partial charge in [0.25, 0.3) is 5.91 Å². The summed E-state index contributed by atoms with van der Waals surface area (Å²) in [6, 6.07) is 5.61. The molecule has 0 aliphatic carbocycles. The predicted octanol–water partition coefficient (Wildman–Crippen LogP) is 3.89. The Bertz CT molecular complexity index is 658. The van der Waals surface area contributed by atoms with Gasteiger partial charge in [-0.3, -0.25) is 4.79 Å². The average molecular weight is 362 g/mol. The van der Waals surface area contributed by atoms with Crippen LogP contribution in [0.5, 0.6) is 0 Å². The first-order chi connectivity index (χ1) is 12.1. The third-order valence-electron chi connectivity index (χ3n) is 4.64. The quantitative estimate of drug-likeness (QED) is 0.760. The van der Waals surface area contributed by atoms with Gasteiger partial charge in [-0.05, 0) is 49.1 Å². The van der Waals surface area contributed by atoms with Crippen LogP contribution in [-0.2, 0) is 0 Å². The molecule has 136 valence electrons. The zero-order valence-electron chi connectivity index (χ0n) is 15.0. The lowest BCUT2D eigenvalue weighted by atomic mass is 9.92. The molecule has 5 nitrogen and oxygen atoms in total. The summed E-state index contributed by atoms with van der Waals surface area (Å²) in [6.45, 7) is 8.90. The largest absolute Gasteiger partial charge is 0.355 e. The summed E-state index contributed by atoms with van der Waals surface area (Å²) in [5.74, 6) is 2.08. The van der Waals surface area contributed by atoms with E-state index in [4.69, 9.17) is 4.52 Å². The third-order valence-corrected chi connectivity index (χ3v) is 5.52. The highest BCUT2D eigenvalue weighted by atomic mass is 32.1. The van der Waals surface area contributed by atoms with E-state index in [0.29, 0.717) is 18.0 Å². The Morgan fingerprint density at radius 2 is 2.16 bits per heavy atom. The third kappa shape index (κ3) is 5.16. The van der Waals surface area contributed by atoms with Crippen molar-refractivity contribution in [3.05, 3.63) is 29.3 Å². The second kappa shape index (κ2) is 8.63. The normalized spacial score (nSPS) is 21.4. The van der Waals surface area contributed by atoms with E-state index in [1.54, 1.807) is 17.4 Å². The minimum Gasteiger partial charge on any atom is -0.355 e. The molecule has 0 aromatic carbocycles. The highest BCUT2D eigenvalue weighted by Gasteiger charge is 2.21. The van der Waals surface area contributed by atoms with Gasteiger partial charge in [-0.2, -0.15) is 0 Å². The SMILES string of the molecule is CC1CC(C)CN(CCCCNC(=O)c2cc(-c3cccs3)on2)C1. The topological polar surface area (TPSA) is 58.4 Å². The van der Waals surface area contributed by atoms with E-state index in [2.05, 4.69) is 29.2 Å². The van der Waals surface area contributed by atoms with Gasteiger partial charge in [0, 0.05) is 25.7 Å². The van der Waals surface area contributed by atoms with E-state index in [1.807, 2.05) is 17.5 Å². The molecule has 0 spiro atoms. The predicted molar refractivity (Wildman–Crippen MR) is 101 cm³/mol. The smallest absolute Gasteiger partial charge is 0.273 e. The summed E-state index contributed by atoms with van der Waals surface area (Å²) in [6.07, 6.45) is 3.44. The molecule has 2 aromatic rings. The second-order valence-corrected chi connectivity index (χ2v) is 8.17. The molecule has 3 heterocycles. The lowest BCUT2D eigenvalue weighted by Gasteiger charge is -2.34. The lowest BCUT2D eigenvalue weighted by molar-refractivity contribution is 0.0942. The zero-order chi connectivity index (χ0) is 17.6. The number of piperidine rings is 1.